The van der Waals surface area contributed by atoms with Gasteiger partial charge in [0.1, 0.15) is 0 Å². The van der Waals surface area contributed by atoms with Gasteiger partial charge in [-0.3, -0.25) is 0 Å². The fourth-order valence-corrected chi connectivity index (χ4v) is 2.92. The first-order chi connectivity index (χ1) is 7.83. The highest BCUT2D eigenvalue weighted by molar-refractivity contribution is 5.32. The lowest BCUT2D eigenvalue weighted by molar-refractivity contribution is 0.308. The van der Waals surface area contributed by atoms with Gasteiger partial charge in [-0.2, -0.15) is 0 Å². The van der Waals surface area contributed by atoms with Crippen LogP contribution in [0.5, 0.6) is 0 Å². The molecule has 0 spiro atoms. The monoisotopic (exact) mass is 220 g/mol. The molecule has 1 fully saturated rings. The SMILES string of the molecule is Cc1cn2c(n1)NC(C1CCCNC1)CC2. The molecule has 0 radical (unpaired) electrons. The Labute approximate surface area is 96.4 Å². The maximum absolute atomic E-state index is 4.53. The first-order valence-corrected chi connectivity index (χ1v) is 6.34. The van der Waals surface area contributed by atoms with E-state index in [-0.39, 0.29) is 0 Å². The number of piperidine rings is 1. The Morgan fingerprint density at radius 1 is 1.44 bits per heavy atom. The lowest BCUT2D eigenvalue weighted by Gasteiger charge is -2.34. The summed E-state index contributed by atoms with van der Waals surface area (Å²) in [5.74, 6) is 1.85. The normalized spacial score (nSPS) is 29.6. The molecule has 16 heavy (non-hydrogen) atoms. The number of nitrogens with one attached hydrogen (secondary N) is 2. The molecule has 3 rings (SSSR count). The number of rotatable bonds is 1. The molecular weight excluding hydrogens is 200 g/mol. The largest absolute Gasteiger partial charge is 0.353 e. The molecular formula is C12H20N4. The molecule has 0 saturated carbocycles. The second-order valence-electron chi connectivity index (χ2n) is 5.05. The summed E-state index contributed by atoms with van der Waals surface area (Å²) in [6, 6.07) is 0.613. The van der Waals surface area contributed by atoms with Crippen molar-refractivity contribution in [2.45, 2.75) is 38.8 Å². The van der Waals surface area contributed by atoms with Gasteiger partial charge < -0.3 is 15.2 Å². The van der Waals surface area contributed by atoms with Gasteiger partial charge in [0.05, 0.1) is 5.69 Å². The van der Waals surface area contributed by atoms with E-state index in [1.165, 1.54) is 25.8 Å². The Balaban J connectivity index is 1.71. The van der Waals surface area contributed by atoms with Gasteiger partial charge in [0.25, 0.3) is 0 Å². The molecule has 1 aromatic rings. The maximum Gasteiger partial charge on any atom is 0.203 e. The van der Waals surface area contributed by atoms with Crippen LogP contribution in [0.15, 0.2) is 6.20 Å². The van der Waals surface area contributed by atoms with Crippen molar-refractivity contribution in [3.63, 3.8) is 0 Å². The third kappa shape index (κ3) is 1.82. The van der Waals surface area contributed by atoms with E-state index in [4.69, 9.17) is 0 Å². The van der Waals surface area contributed by atoms with Crippen molar-refractivity contribution in [3.8, 4) is 0 Å². The number of anilines is 1. The highest BCUT2D eigenvalue weighted by Gasteiger charge is 2.27. The van der Waals surface area contributed by atoms with Gasteiger partial charge >= 0.3 is 0 Å². The Hall–Kier alpha value is -1.03. The van der Waals surface area contributed by atoms with Gasteiger partial charge in [0, 0.05) is 18.8 Å². The van der Waals surface area contributed by atoms with E-state index >= 15 is 0 Å². The first-order valence-electron chi connectivity index (χ1n) is 6.34. The number of hydrogen-bond donors (Lipinski definition) is 2. The zero-order valence-electron chi connectivity index (χ0n) is 9.87. The van der Waals surface area contributed by atoms with Crippen molar-refractivity contribution in [1.29, 1.82) is 0 Å². The maximum atomic E-state index is 4.53. The van der Waals surface area contributed by atoms with Crippen molar-refractivity contribution in [3.05, 3.63) is 11.9 Å². The summed E-state index contributed by atoms with van der Waals surface area (Å²) in [6.07, 6.45) is 6.04. The van der Waals surface area contributed by atoms with Gasteiger partial charge in [-0.05, 0) is 45.2 Å². The first kappa shape index (κ1) is 10.1. The van der Waals surface area contributed by atoms with Crippen LogP contribution < -0.4 is 10.6 Å². The molecule has 88 valence electrons. The van der Waals surface area contributed by atoms with Crippen molar-refractivity contribution >= 4 is 5.95 Å². The van der Waals surface area contributed by atoms with Crippen LogP contribution in [0.3, 0.4) is 0 Å². The third-order valence-electron chi connectivity index (χ3n) is 3.80. The minimum atomic E-state index is 0.613. The molecule has 2 aliphatic heterocycles. The molecule has 2 N–H and O–H groups in total. The number of fused-ring (bicyclic) bond motifs is 1. The zero-order valence-corrected chi connectivity index (χ0v) is 9.87. The van der Waals surface area contributed by atoms with Gasteiger partial charge in [0.15, 0.2) is 0 Å². The van der Waals surface area contributed by atoms with Crippen LogP contribution in [0, 0.1) is 12.8 Å². The van der Waals surface area contributed by atoms with Gasteiger partial charge in [-0.1, -0.05) is 0 Å². The minimum Gasteiger partial charge on any atom is -0.353 e. The fraction of sp³-hybridized carbons (Fsp3) is 0.750. The van der Waals surface area contributed by atoms with E-state index in [0.29, 0.717) is 6.04 Å². The molecule has 2 aliphatic rings. The summed E-state index contributed by atoms with van der Waals surface area (Å²) in [5, 5.41) is 7.09. The molecule has 4 nitrogen and oxygen atoms in total. The van der Waals surface area contributed by atoms with Crippen LogP contribution >= 0.6 is 0 Å². The molecule has 1 saturated heterocycles. The summed E-state index contributed by atoms with van der Waals surface area (Å²) < 4.78 is 2.24. The highest BCUT2D eigenvalue weighted by Crippen LogP contribution is 2.25. The predicted octanol–water partition coefficient (Wildman–Crippen LogP) is 1.38. The van der Waals surface area contributed by atoms with E-state index in [9.17, 15) is 0 Å². The number of hydrogen-bond acceptors (Lipinski definition) is 3. The summed E-state index contributed by atoms with van der Waals surface area (Å²) in [5.41, 5.74) is 1.12. The van der Waals surface area contributed by atoms with E-state index in [1.807, 2.05) is 0 Å². The van der Waals surface area contributed by atoms with Crippen LogP contribution in [-0.4, -0.2) is 28.7 Å². The second-order valence-corrected chi connectivity index (χ2v) is 5.05. The number of aromatic nitrogens is 2. The lowest BCUT2D eigenvalue weighted by Crippen LogP contribution is -2.43. The van der Waals surface area contributed by atoms with Crippen molar-refractivity contribution in [2.24, 2.45) is 5.92 Å². The zero-order chi connectivity index (χ0) is 11.0. The van der Waals surface area contributed by atoms with Crippen LogP contribution in [0.2, 0.25) is 0 Å². The molecule has 0 bridgehead atoms. The standard InChI is InChI=1S/C12H20N4/c1-9-8-16-6-4-11(15-12(16)14-9)10-3-2-5-13-7-10/h8,10-11,13H,2-7H2,1H3,(H,14,15). The number of imidazole rings is 1. The van der Waals surface area contributed by atoms with Crippen LogP contribution in [-0.2, 0) is 6.54 Å². The Bertz CT molecular complexity index is 365. The Kier molecular flexibility index (Phi) is 2.59. The summed E-state index contributed by atoms with van der Waals surface area (Å²) in [6.45, 7) is 5.53. The average molecular weight is 220 g/mol. The van der Waals surface area contributed by atoms with E-state index in [2.05, 4.69) is 33.3 Å². The molecule has 2 atom stereocenters. The summed E-state index contributed by atoms with van der Waals surface area (Å²) >= 11 is 0. The third-order valence-corrected chi connectivity index (χ3v) is 3.80. The smallest absolute Gasteiger partial charge is 0.203 e. The van der Waals surface area contributed by atoms with Crippen LogP contribution in [0.4, 0.5) is 5.95 Å². The van der Waals surface area contributed by atoms with Gasteiger partial charge in [-0.25, -0.2) is 4.98 Å². The lowest BCUT2D eigenvalue weighted by atomic mass is 9.89. The average Bonchev–Trinajstić information content (AvgIpc) is 2.69. The molecule has 0 amide bonds. The van der Waals surface area contributed by atoms with Crippen molar-refractivity contribution < 1.29 is 0 Å². The summed E-state index contributed by atoms with van der Waals surface area (Å²) in [4.78, 5) is 4.53. The fourth-order valence-electron chi connectivity index (χ4n) is 2.92. The second kappa shape index (κ2) is 4.09. The number of nitrogens with zero attached hydrogens (tertiary/aromatic N) is 2. The van der Waals surface area contributed by atoms with Gasteiger partial charge in [-0.15, -0.1) is 0 Å². The molecule has 1 aromatic heterocycles. The Morgan fingerprint density at radius 3 is 3.19 bits per heavy atom. The summed E-state index contributed by atoms with van der Waals surface area (Å²) in [7, 11) is 0. The Morgan fingerprint density at radius 2 is 2.38 bits per heavy atom. The van der Waals surface area contributed by atoms with E-state index in [1.54, 1.807) is 0 Å². The predicted molar refractivity (Wildman–Crippen MR) is 64.6 cm³/mol. The van der Waals surface area contributed by atoms with Crippen LogP contribution in [0.25, 0.3) is 0 Å². The topological polar surface area (TPSA) is 41.9 Å². The van der Waals surface area contributed by atoms with E-state index < -0.39 is 0 Å². The van der Waals surface area contributed by atoms with Crippen LogP contribution in [0.1, 0.15) is 25.0 Å². The molecule has 3 heterocycles. The van der Waals surface area contributed by atoms with Crippen molar-refractivity contribution in [2.75, 3.05) is 18.4 Å². The molecule has 4 heteroatoms. The molecule has 0 aromatic carbocycles. The quantitative estimate of drug-likeness (QED) is 0.751. The van der Waals surface area contributed by atoms with Gasteiger partial charge in [0.2, 0.25) is 5.95 Å². The number of aryl methyl sites for hydroxylation is 2. The van der Waals surface area contributed by atoms with Crippen molar-refractivity contribution in [1.82, 2.24) is 14.9 Å². The van der Waals surface area contributed by atoms with E-state index in [0.717, 1.165) is 30.6 Å². The molecule has 0 aliphatic carbocycles. The minimum absolute atomic E-state index is 0.613. The highest BCUT2D eigenvalue weighted by atomic mass is 15.2. The molecule has 2 unspecified atom stereocenters.